The highest BCUT2D eigenvalue weighted by Crippen LogP contribution is 2.15. The van der Waals surface area contributed by atoms with Crippen molar-refractivity contribution in [1.29, 1.82) is 0 Å². The molecule has 0 amide bonds. The zero-order chi connectivity index (χ0) is 13.6. The summed E-state index contributed by atoms with van der Waals surface area (Å²) in [5, 5.41) is 3.56. The fraction of sp³-hybridized carbons (Fsp3) is 0.625. The van der Waals surface area contributed by atoms with Crippen molar-refractivity contribution < 1.29 is 4.74 Å². The summed E-state index contributed by atoms with van der Waals surface area (Å²) in [6.07, 6.45) is 2.11. The topological polar surface area (TPSA) is 21.3 Å². The summed E-state index contributed by atoms with van der Waals surface area (Å²) in [5.74, 6) is 0. The van der Waals surface area contributed by atoms with Crippen LogP contribution in [0.15, 0.2) is 24.3 Å². The van der Waals surface area contributed by atoms with E-state index in [1.54, 1.807) is 7.11 Å². The van der Waals surface area contributed by atoms with Gasteiger partial charge in [0.25, 0.3) is 0 Å². The van der Waals surface area contributed by atoms with Crippen molar-refractivity contribution in [3.63, 3.8) is 0 Å². The van der Waals surface area contributed by atoms with E-state index >= 15 is 0 Å². The van der Waals surface area contributed by atoms with Crippen LogP contribution in [0.3, 0.4) is 0 Å². The molecule has 0 aliphatic heterocycles. The van der Waals surface area contributed by atoms with Gasteiger partial charge in [0.2, 0.25) is 0 Å². The Morgan fingerprint density at radius 2 is 2.06 bits per heavy atom. The van der Waals surface area contributed by atoms with Crippen molar-refractivity contribution in [3.8, 4) is 0 Å². The van der Waals surface area contributed by atoms with E-state index in [0.717, 1.165) is 19.4 Å². The molecule has 0 spiro atoms. The lowest BCUT2D eigenvalue weighted by Crippen LogP contribution is -2.36. The predicted molar refractivity (Wildman–Crippen MR) is 78.1 cm³/mol. The molecular weight excluding hydrogens is 222 g/mol. The fourth-order valence-electron chi connectivity index (χ4n) is 2.22. The Hall–Kier alpha value is -0.860. The summed E-state index contributed by atoms with van der Waals surface area (Å²) in [6, 6.07) is 9.19. The second-order valence-corrected chi connectivity index (χ2v) is 5.76. The van der Waals surface area contributed by atoms with Gasteiger partial charge in [0.1, 0.15) is 0 Å². The van der Waals surface area contributed by atoms with Crippen molar-refractivity contribution in [2.24, 2.45) is 0 Å². The molecule has 1 N–H and O–H groups in total. The first-order chi connectivity index (χ1) is 8.43. The smallest absolute Gasteiger partial charge is 0.0637 e. The molecule has 1 atom stereocenters. The third kappa shape index (κ3) is 5.65. The average Bonchev–Trinajstić information content (AvgIpc) is 2.28. The van der Waals surface area contributed by atoms with Crippen molar-refractivity contribution in [3.05, 3.63) is 35.4 Å². The van der Waals surface area contributed by atoms with Crippen LogP contribution in [-0.2, 0) is 11.2 Å². The predicted octanol–water partition coefficient (Wildman–Crippen LogP) is 3.33. The molecule has 0 aliphatic rings. The molecule has 0 saturated carbocycles. The van der Waals surface area contributed by atoms with Crippen molar-refractivity contribution >= 4 is 0 Å². The van der Waals surface area contributed by atoms with Crippen LogP contribution < -0.4 is 5.32 Å². The number of hydrogen-bond acceptors (Lipinski definition) is 2. The van der Waals surface area contributed by atoms with Gasteiger partial charge in [-0.05, 0) is 52.6 Å². The van der Waals surface area contributed by atoms with E-state index in [9.17, 15) is 0 Å². The second kappa shape index (κ2) is 6.91. The van der Waals surface area contributed by atoms with Crippen LogP contribution >= 0.6 is 0 Å². The summed E-state index contributed by atoms with van der Waals surface area (Å²) in [4.78, 5) is 0. The average molecular weight is 249 g/mol. The van der Waals surface area contributed by atoms with Gasteiger partial charge in [-0.3, -0.25) is 0 Å². The van der Waals surface area contributed by atoms with Gasteiger partial charge in [0, 0.05) is 13.2 Å². The van der Waals surface area contributed by atoms with E-state index in [-0.39, 0.29) is 5.60 Å². The summed E-state index contributed by atoms with van der Waals surface area (Å²) in [7, 11) is 1.78. The molecule has 0 saturated heterocycles. The van der Waals surface area contributed by atoms with Crippen molar-refractivity contribution in [1.82, 2.24) is 5.32 Å². The third-order valence-electron chi connectivity index (χ3n) is 3.34. The Kier molecular flexibility index (Phi) is 5.83. The number of nitrogens with one attached hydrogen (secondary N) is 1. The minimum atomic E-state index is -0.0459. The maximum atomic E-state index is 5.45. The number of methoxy groups -OCH3 is 1. The van der Waals surface area contributed by atoms with E-state index in [4.69, 9.17) is 4.74 Å². The van der Waals surface area contributed by atoms with Crippen LogP contribution in [0.2, 0.25) is 0 Å². The van der Waals surface area contributed by atoms with Crippen LogP contribution in [0, 0.1) is 6.92 Å². The third-order valence-corrected chi connectivity index (χ3v) is 3.34. The molecule has 0 aliphatic carbocycles. The van der Waals surface area contributed by atoms with Crippen LogP contribution in [0.4, 0.5) is 0 Å². The van der Waals surface area contributed by atoms with Crippen LogP contribution in [-0.4, -0.2) is 25.3 Å². The number of hydrogen-bond donors (Lipinski definition) is 1. The Morgan fingerprint density at radius 3 is 2.67 bits per heavy atom. The monoisotopic (exact) mass is 249 g/mol. The van der Waals surface area contributed by atoms with Gasteiger partial charge in [-0.2, -0.15) is 0 Å². The second-order valence-electron chi connectivity index (χ2n) is 5.76. The van der Waals surface area contributed by atoms with E-state index in [1.165, 1.54) is 11.1 Å². The highest BCUT2D eigenvalue weighted by atomic mass is 16.5. The van der Waals surface area contributed by atoms with E-state index in [2.05, 4.69) is 57.3 Å². The summed E-state index contributed by atoms with van der Waals surface area (Å²) < 4.78 is 5.45. The van der Waals surface area contributed by atoms with Crippen LogP contribution in [0.5, 0.6) is 0 Å². The van der Waals surface area contributed by atoms with Crippen molar-refractivity contribution in [2.45, 2.75) is 52.2 Å². The minimum absolute atomic E-state index is 0.0459. The Bertz CT molecular complexity index is 360. The molecule has 0 radical (unpaired) electrons. The molecular formula is C16H27NO. The quantitative estimate of drug-likeness (QED) is 0.800. The maximum Gasteiger partial charge on any atom is 0.0637 e. The zero-order valence-electron chi connectivity index (χ0n) is 12.4. The number of aryl methyl sites for hydroxylation is 1. The molecule has 1 unspecified atom stereocenters. The highest BCUT2D eigenvalue weighted by Gasteiger charge is 2.19. The largest absolute Gasteiger partial charge is 0.379 e. The lowest BCUT2D eigenvalue weighted by atomic mass is 9.99. The van der Waals surface area contributed by atoms with Crippen molar-refractivity contribution in [2.75, 3.05) is 13.7 Å². The lowest BCUT2D eigenvalue weighted by molar-refractivity contribution is 0.00865. The normalized spacial score (nSPS) is 13.6. The first-order valence-corrected chi connectivity index (χ1v) is 6.77. The van der Waals surface area contributed by atoms with Gasteiger partial charge in [0.05, 0.1) is 5.60 Å². The van der Waals surface area contributed by atoms with Crippen LogP contribution in [0.1, 0.15) is 38.3 Å². The molecule has 0 aromatic heterocycles. The fourth-order valence-corrected chi connectivity index (χ4v) is 2.22. The van der Waals surface area contributed by atoms with Gasteiger partial charge in [0.15, 0.2) is 0 Å². The molecule has 102 valence electrons. The highest BCUT2D eigenvalue weighted by molar-refractivity contribution is 5.22. The standard InChI is InChI=1S/C16H27NO/c1-13-7-6-8-15(11-13)9-10-17-14(2)12-16(3,4)18-5/h6-8,11,14,17H,9-10,12H2,1-5H3. The molecule has 0 bridgehead atoms. The number of ether oxygens (including phenoxy) is 1. The SMILES string of the molecule is COC(C)(C)CC(C)NCCc1cccc(C)c1. The number of rotatable bonds is 7. The molecule has 1 aromatic rings. The molecule has 18 heavy (non-hydrogen) atoms. The molecule has 1 rings (SSSR count). The molecule has 0 fully saturated rings. The van der Waals surface area contributed by atoms with Gasteiger partial charge >= 0.3 is 0 Å². The molecule has 2 nitrogen and oxygen atoms in total. The van der Waals surface area contributed by atoms with Gasteiger partial charge < -0.3 is 10.1 Å². The Balaban J connectivity index is 2.29. The molecule has 0 heterocycles. The van der Waals surface area contributed by atoms with Crippen LogP contribution in [0.25, 0.3) is 0 Å². The van der Waals surface area contributed by atoms with E-state index < -0.39 is 0 Å². The summed E-state index contributed by atoms with van der Waals surface area (Å²) in [5.41, 5.74) is 2.69. The molecule has 1 aromatic carbocycles. The summed E-state index contributed by atoms with van der Waals surface area (Å²) in [6.45, 7) is 9.64. The zero-order valence-corrected chi connectivity index (χ0v) is 12.4. The first-order valence-electron chi connectivity index (χ1n) is 6.77. The van der Waals surface area contributed by atoms with E-state index in [1.807, 2.05) is 0 Å². The van der Waals surface area contributed by atoms with Gasteiger partial charge in [-0.1, -0.05) is 29.8 Å². The minimum Gasteiger partial charge on any atom is -0.379 e. The van der Waals surface area contributed by atoms with Gasteiger partial charge in [-0.25, -0.2) is 0 Å². The summed E-state index contributed by atoms with van der Waals surface area (Å²) >= 11 is 0. The first kappa shape index (κ1) is 15.2. The Morgan fingerprint density at radius 1 is 1.33 bits per heavy atom. The van der Waals surface area contributed by atoms with Gasteiger partial charge in [-0.15, -0.1) is 0 Å². The Labute approximate surface area is 112 Å². The van der Waals surface area contributed by atoms with E-state index in [0.29, 0.717) is 6.04 Å². The molecule has 2 heteroatoms. The number of benzene rings is 1. The maximum absolute atomic E-state index is 5.45. The lowest BCUT2D eigenvalue weighted by Gasteiger charge is -2.27.